The molecule has 0 aromatic heterocycles. The van der Waals surface area contributed by atoms with Gasteiger partial charge in [-0.25, -0.2) is 4.39 Å². The van der Waals surface area contributed by atoms with Crippen LogP contribution >= 0.6 is 0 Å². The van der Waals surface area contributed by atoms with E-state index in [9.17, 15) is 4.39 Å². The average molecular weight is 249 g/mol. The maximum atomic E-state index is 13.7. The van der Waals surface area contributed by atoms with Crippen LogP contribution < -0.4 is 5.32 Å². The molecule has 1 atom stereocenters. The van der Waals surface area contributed by atoms with Gasteiger partial charge in [0.1, 0.15) is 5.82 Å². The summed E-state index contributed by atoms with van der Waals surface area (Å²) in [6.07, 6.45) is 7.25. The summed E-state index contributed by atoms with van der Waals surface area (Å²) in [5.74, 6) is 0.676. The van der Waals surface area contributed by atoms with E-state index in [0.29, 0.717) is 6.04 Å². The van der Waals surface area contributed by atoms with Gasteiger partial charge >= 0.3 is 0 Å². The minimum atomic E-state index is -0.0567. The van der Waals surface area contributed by atoms with Crippen molar-refractivity contribution >= 4 is 0 Å². The molecule has 2 heteroatoms. The van der Waals surface area contributed by atoms with Crippen LogP contribution in [-0.2, 0) is 6.42 Å². The molecule has 0 saturated heterocycles. The first-order valence-corrected chi connectivity index (χ1v) is 7.28. The highest BCUT2D eigenvalue weighted by Gasteiger charge is 2.25. The fourth-order valence-electron chi connectivity index (χ4n) is 3.00. The predicted octanol–water partition coefficient (Wildman–Crippen LogP) is 3.93. The zero-order valence-electron chi connectivity index (χ0n) is 11.3. The number of rotatable bonds is 6. The highest BCUT2D eigenvalue weighted by molar-refractivity contribution is 5.18. The van der Waals surface area contributed by atoms with Gasteiger partial charge in [0.2, 0.25) is 0 Å². The van der Waals surface area contributed by atoms with Crippen LogP contribution in [0.3, 0.4) is 0 Å². The van der Waals surface area contributed by atoms with Gasteiger partial charge in [0.25, 0.3) is 0 Å². The molecule has 18 heavy (non-hydrogen) atoms. The monoisotopic (exact) mass is 249 g/mol. The van der Waals surface area contributed by atoms with Crippen LogP contribution in [0.5, 0.6) is 0 Å². The summed E-state index contributed by atoms with van der Waals surface area (Å²) in [5.41, 5.74) is 0.859. The summed E-state index contributed by atoms with van der Waals surface area (Å²) < 4.78 is 13.7. The topological polar surface area (TPSA) is 12.0 Å². The minimum Gasteiger partial charge on any atom is -0.313 e. The molecule has 1 N–H and O–H groups in total. The van der Waals surface area contributed by atoms with Crippen LogP contribution in [0.15, 0.2) is 24.3 Å². The van der Waals surface area contributed by atoms with Crippen molar-refractivity contribution in [2.45, 2.75) is 51.5 Å². The van der Waals surface area contributed by atoms with E-state index in [-0.39, 0.29) is 5.82 Å². The third-order valence-electron chi connectivity index (χ3n) is 4.02. The Morgan fingerprint density at radius 1 is 1.28 bits per heavy atom. The Labute approximate surface area is 110 Å². The van der Waals surface area contributed by atoms with Crippen molar-refractivity contribution in [2.24, 2.45) is 5.92 Å². The lowest BCUT2D eigenvalue weighted by molar-refractivity contribution is 0.353. The highest BCUT2D eigenvalue weighted by Crippen LogP contribution is 2.29. The average Bonchev–Trinajstić information content (AvgIpc) is 2.90. The van der Waals surface area contributed by atoms with E-state index >= 15 is 0 Å². The molecule has 1 aromatic carbocycles. The van der Waals surface area contributed by atoms with Gasteiger partial charge in [-0.15, -0.1) is 0 Å². The first-order chi connectivity index (χ1) is 8.81. The molecule has 1 unspecified atom stereocenters. The van der Waals surface area contributed by atoms with Gasteiger partial charge in [0.15, 0.2) is 0 Å². The van der Waals surface area contributed by atoms with E-state index in [1.54, 1.807) is 12.1 Å². The largest absolute Gasteiger partial charge is 0.313 e. The van der Waals surface area contributed by atoms with Gasteiger partial charge in [-0.3, -0.25) is 0 Å². The highest BCUT2D eigenvalue weighted by atomic mass is 19.1. The van der Waals surface area contributed by atoms with Crippen LogP contribution in [0.2, 0.25) is 0 Å². The molecule has 0 bridgehead atoms. The standard InChI is InChI=1S/C16H24FN/c1-2-11-18-16(13-7-3-4-8-13)12-14-9-5-6-10-15(14)17/h5-6,9-10,13,16,18H,2-4,7-8,11-12H2,1H3. The number of nitrogens with one attached hydrogen (secondary N) is 1. The Morgan fingerprint density at radius 2 is 2.00 bits per heavy atom. The first-order valence-electron chi connectivity index (χ1n) is 7.28. The second-order valence-corrected chi connectivity index (χ2v) is 5.40. The van der Waals surface area contributed by atoms with Crippen molar-refractivity contribution in [3.8, 4) is 0 Å². The van der Waals surface area contributed by atoms with Crippen LogP contribution in [-0.4, -0.2) is 12.6 Å². The smallest absolute Gasteiger partial charge is 0.126 e. The van der Waals surface area contributed by atoms with Crippen molar-refractivity contribution in [2.75, 3.05) is 6.54 Å². The van der Waals surface area contributed by atoms with Gasteiger partial charge in [-0.1, -0.05) is 38.0 Å². The number of benzene rings is 1. The Bertz CT molecular complexity index is 358. The lowest BCUT2D eigenvalue weighted by atomic mass is 9.92. The number of hydrogen-bond donors (Lipinski definition) is 1. The van der Waals surface area contributed by atoms with E-state index in [1.165, 1.54) is 25.7 Å². The molecule has 2 rings (SSSR count). The van der Waals surface area contributed by atoms with E-state index in [4.69, 9.17) is 0 Å². The van der Waals surface area contributed by atoms with Crippen molar-refractivity contribution in [1.29, 1.82) is 0 Å². The second-order valence-electron chi connectivity index (χ2n) is 5.40. The van der Waals surface area contributed by atoms with E-state index < -0.39 is 0 Å². The zero-order chi connectivity index (χ0) is 12.8. The molecule has 1 saturated carbocycles. The fourth-order valence-corrected chi connectivity index (χ4v) is 3.00. The SMILES string of the molecule is CCCNC(Cc1ccccc1F)C1CCCC1. The molecule has 1 nitrogen and oxygen atoms in total. The maximum absolute atomic E-state index is 13.7. The molecule has 100 valence electrons. The third-order valence-corrected chi connectivity index (χ3v) is 4.02. The van der Waals surface area contributed by atoms with Crippen LogP contribution in [0.4, 0.5) is 4.39 Å². The summed E-state index contributed by atoms with van der Waals surface area (Å²) in [5, 5.41) is 3.62. The van der Waals surface area contributed by atoms with Crippen molar-refractivity contribution in [1.82, 2.24) is 5.32 Å². The summed E-state index contributed by atoms with van der Waals surface area (Å²) >= 11 is 0. The normalized spacial score (nSPS) is 18.1. The van der Waals surface area contributed by atoms with Gasteiger partial charge < -0.3 is 5.32 Å². The van der Waals surface area contributed by atoms with E-state index in [2.05, 4.69) is 12.2 Å². The molecule has 0 aliphatic heterocycles. The van der Waals surface area contributed by atoms with E-state index in [1.807, 2.05) is 12.1 Å². The Hall–Kier alpha value is -0.890. The lowest BCUT2D eigenvalue weighted by Gasteiger charge is -2.25. The van der Waals surface area contributed by atoms with Crippen molar-refractivity contribution in [3.63, 3.8) is 0 Å². The first kappa shape index (κ1) is 13.5. The molecule has 1 aromatic rings. The molecule has 0 amide bonds. The van der Waals surface area contributed by atoms with Gasteiger partial charge in [-0.05, 0) is 49.8 Å². The summed E-state index contributed by atoms with van der Waals surface area (Å²) in [6, 6.07) is 7.64. The molecule has 1 aliphatic carbocycles. The Balaban J connectivity index is 2.02. The minimum absolute atomic E-state index is 0.0567. The van der Waals surface area contributed by atoms with Gasteiger partial charge in [0, 0.05) is 6.04 Å². The quantitative estimate of drug-likeness (QED) is 0.805. The molecule has 0 spiro atoms. The molecule has 0 radical (unpaired) electrons. The third kappa shape index (κ3) is 3.55. The predicted molar refractivity (Wildman–Crippen MR) is 74.1 cm³/mol. The summed E-state index contributed by atoms with van der Waals surface area (Å²) in [4.78, 5) is 0. The lowest BCUT2D eigenvalue weighted by Crippen LogP contribution is -2.37. The zero-order valence-corrected chi connectivity index (χ0v) is 11.3. The van der Waals surface area contributed by atoms with Crippen LogP contribution in [0, 0.1) is 11.7 Å². The number of halogens is 1. The second kappa shape index (κ2) is 6.89. The molecular formula is C16H24FN. The van der Waals surface area contributed by atoms with Crippen LogP contribution in [0.1, 0.15) is 44.6 Å². The number of hydrogen-bond acceptors (Lipinski definition) is 1. The Kier molecular flexibility index (Phi) is 5.18. The van der Waals surface area contributed by atoms with Crippen LogP contribution in [0.25, 0.3) is 0 Å². The van der Waals surface area contributed by atoms with Crippen molar-refractivity contribution < 1.29 is 4.39 Å². The Morgan fingerprint density at radius 3 is 2.67 bits per heavy atom. The van der Waals surface area contributed by atoms with Crippen molar-refractivity contribution in [3.05, 3.63) is 35.6 Å². The van der Waals surface area contributed by atoms with Gasteiger partial charge in [-0.2, -0.15) is 0 Å². The van der Waals surface area contributed by atoms with E-state index in [0.717, 1.165) is 30.9 Å². The molecular weight excluding hydrogens is 225 g/mol. The molecule has 1 fully saturated rings. The maximum Gasteiger partial charge on any atom is 0.126 e. The molecule has 1 aliphatic rings. The summed E-state index contributed by atoms with van der Waals surface area (Å²) in [6.45, 7) is 3.22. The molecule has 0 heterocycles. The summed E-state index contributed by atoms with van der Waals surface area (Å²) in [7, 11) is 0. The van der Waals surface area contributed by atoms with Gasteiger partial charge in [0.05, 0.1) is 0 Å². The fraction of sp³-hybridized carbons (Fsp3) is 0.625.